The van der Waals surface area contributed by atoms with Crippen LogP contribution in [0.1, 0.15) is 70.0 Å². The Morgan fingerprint density at radius 3 is 2.58 bits per heavy atom. The quantitative estimate of drug-likeness (QED) is 0.493. The van der Waals surface area contributed by atoms with Gasteiger partial charge < -0.3 is 4.57 Å². The Kier molecular flexibility index (Phi) is 7.84. The van der Waals surface area contributed by atoms with Crippen molar-refractivity contribution >= 4 is 11.6 Å². The third kappa shape index (κ3) is 5.37. The fourth-order valence-electron chi connectivity index (χ4n) is 3.15. The van der Waals surface area contributed by atoms with Crippen LogP contribution in [0.15, 0.2) is 30.5 Å². The van der Waals surface area contributed by atoms with E-state index in [1.165, 1.54) is 49.2 Å². The molecule has 2 aromatic rings. The first kappa shape index (κ1) is 19.1. The molecular weight excluding hydrogens is 316 g/mol. The molecule has 132 valence electrons. The van der Waals surface area contributed by atoms with E-state index in [2.05, 4.69) is 43.7 Å². The number of nitrogens with zero attached hydrogens (tertiary/aromatic N) is 2. The molecule has 0 radical (unpaired) electrons. The van der Waals surface area contributed by atoms with Gasteiger partial charge in [-0.2, -0.15) is 0 Å². The average molecular weight is 347 g/mol. The fourth-order valence-corrected chi connectivity index (χ4v) is 3.35. The molecule has 0 spiro atoms. The van der Waals surface area contributed by atoms with E-state index < -0.39 is 0 Å². The summed E-state index contributed by atoms with van der Waals surface area (Å²) in [6.07, 6.45) is 10.5. The van der Waals surface area contributed by atoms with Crippen LogP contribution in [0.25, 0.3) is 0 Å². The van der Waals surface area contributed by atoms with Crippen molar-refractivity contribution in [3.63, 3.8) is 0 Å². The predicted molar refractivity (Wildman–Crippen MR) is 104 cm³/mol. The van der Waals surface area contributed by atoms with E-state index in [9.17, 15) is 0 Å². The van der Waals surface area contributed by atoms with E-state index in [0.717, 1.165) is 24.4 Å². The van der Waals surface area contributed by atoms with Crippen LogP contribution in [0.5, 0.6) is 0 Å². The van der Waals surface area contributed by atoms with Gasteiger partial charge in [0.2, 0.25) is 0 Å². The molecule has 1 aromatic carbocycles. The zero-order valence-electron chi connectivity index (χ0n) is 15.4. The van der Waals surface area contributed by atoms with E-state index in [0.29, 0.717) is 5.92 Å². The Morgan fingerprint density at radius 1 is 1.12 bits per heavy atom. The van der Waals surface area contributed by atoms with Gasteiger partial charge in [-0.3, -0.25) is 0 Å². The fraction of sp³-hybridized carbons (Fsp3) is 0.571. The molecule has 0 N–H and O–H groups in total. The average Bonchev–Trinajstić information content (AvgIpc) is 2.94. The van der Waals surface area contributed by atoms with E-state index >= 15 is 0 Å². The topological polar surface area (TPSA) is 17.8 Å². The normalized spacial score (nSPS) is 12.5. The van der Waals surface area contributed by atoms with Crippen LogP contribution in [0.3, 0.4) is 0 Å². The first-order valence-corrected chi connectivity index (χ1v) is 9.80. The molecule has 0 bridgehead atoms. The number of unbranched alkanes of at least 4 members (excludes halogenated alkanes) is 2. The van der Waals surface area contributed by atoms with Crippen molar-refractivity contribution in [2.75, 3.05) is 0 Å². The Bertz CT molecular complexity index is 618. The summed E-state index contributed by atoms with van der Waals surface area (Å²) in [7, 11) is 0. The van der Waals surface area contributed by atoms with E-state index in [1.54, 1.807) is 0 Å². The Hall–Kier alpha value is -1.28. The lowest BCUT2D eigenvalue weighted by Crippen LogP contribution is -2.12. The number of hydrogen-bond donors (Lipinski definition) is 0. The molecule has 3 heteroatoms. The largest absolute Gasteiger partial charge is 0.328 e. The molecule has 0 aliphatic carbocycles. The Balaban J connectivity index is 2.20. The second kappa shape index (κ2) is 9.88. The van der Waals surface area contributed by atoms with Crippen LogP contribution >= 0.6 is 11.6 Å². The molecule has 0 saturated heterocycles. The molecule has 0 aliphatic heterocycles. The predicted octanol–water partition coefficient (Wildman–Crippen LogP) is 6.30. The highest BCUT2D eigenvalue weighted by Crippen LogP contribution is 2.21. The van der Waals surface area contributed by atoms with Crippen molar-refractivity contribution in [1.82, 2.24) is 9.55 Å². The lowest BCUT2D eigenvalue weighted by Gasteiger charge is -2.16. The summed E-state index contributed by atoms with van der Waals surface area (Å²) in [6.45, 7) is 7.68. The van der Waals surface area contributed by atoms with Crippen molar-refractivity contribution in [3.05, 3.63) is 52.6 Å². The van der Waals surface area contributed by atoms with Crippen LogP contribution in [-0.4, -0.2) is 9.55 Å². The number of aryl methyl sites for hydroxylation is 1. The van der Waals surface area contributed by atoms with Crippen molar-refractivity contribution in [2.24, 2.45) is 5.92 Å². The number of rotatable bonds is 10. The highest BCUT2D eigenvalue weighted by molar-refractivity contribution is 6.31. The van der Waals surface area contributed by atoms with Gasteiger partial charge in [-0.05, 0) is 30.4 Å². The van der Waals surface area contributed by atoms with Crippen molar-refractivity contribution in [2.45, 2.75) is 72.3 Å². The summed E-state index contributed by atoms with van der Waals surface area (Å²) in [5.41, 5.74) is 2.53. The highest BCUT2D eigenvalue weighted by Gasteiger charge is 2.14. The van der Waals surface area contributed by atoms with Crippen molar-refractivity contribution in [1.29, 1.82) is 0 Å². The molecule has 2 nitrogen and oxygen atoms in total. The van der Waals surface area contributed by atoms with Gasteiger partial charge in [-0.15, -0.1) is 0 Å². The van der Waals surface area contributed by atoms with Crippen molar-refractivity contribution < 1.29 is 0 Å². The number of aromatic nitrogens is 2. The maximum absolute atomic E-state index is 6.39. The zero-order valence-corrected chi connectivity index (χ0v) is 16.1. The lowest BCUT2D eigenvalue weighted by molar-refractivity contribution is 0.487. The number of hydrogen-bond acceptors (Lipinski definition) is 1. The van der Waals surface area contributed by atoms with E-state index in [-0.39, 0.29) is 0 Å². The maximum atomic E-state index is 6.39. The minimum Gasteiger partial charge on any atom is -0.328 e. The molecule has 0 aliphatic rings. The van der Waals surface area contributed by atoms with Gasteiger partial charge in [-0.1, -0.05) is 76.3 Å². The van der Waals surface area contributed by atoms with Gasteiger partial charge in [0.15, 0.2) is 0 Å². The molecular formula is C21H31ClN2. The third-order valence-electron chi connectivity index (χ3n) is 4.67. The van der Waals surface area contributed by atoms with Gasteiger partial charge in [0.05, 0.1) is 6.54 Å². The molecule has 24 heavy (non-hydrogen) atoms. The minimum atomic E-state index is 0.700. The number of imidazole rings is 1. The van der Waals surface area contributed by atoms with Crippen molar-refractivity contribution in [3.8, 4) is 0 Å². The van der Waals surface area contributed by atoms with E-state index in [1.807, 2.05) is 12.1 Å². The van der Waals surface area contributed by atoms with Gasteiger partial charge in [0, 0.05) is 23.3 Å². The maximum Gasteiger partial charge on any atom is 0.109 e. The molecule has 0 saturated carbocycles. The minimum absolute atomic E-state index is 0.700. The molecule has 0 amide bonds. The highest BCUT2D eigenvalue weighted by atomic mass is 35.5. The lowest BCUT2D eigenvalue weighted by atomic mass is 9.99. The summed E-state index contributed by atoms with van der Waals surface area (Å²) in [4.78, 5) is 4.73. The Morgan fingerprint density at radius 2 is 1.88 bits per heavy atom. The SMILES string of the molecule is CCCCc1ncc(CC(C)CCCC)n1Cc1ccccc1Cl. The van der Waals surface area contributed by atoms with Crippen LogP contribution in [-0.2, 0) is 19.4 Å². The summed E-state index contributed by atoms with van der Waals surface area (Å²) >= 11 is 6.39. The molecule has 1 aromatic heterocycles. The summed E-state index contributed by atoms with van der Waals surface area (Å²) < 4.78 is 2.40. The standard InChI is InChI=1S/C21H31ClN2/c1-4-6-10-17(3)14-19-15-23-21(13-7-5-2)24(19)16-18-11-8-9-12-20(18)22/h8-9,11-12,15,17H,4-7,10,13-14,16H2,1-3H3. The molecule has 2 rings (SSSR count). The van der Waals surface area contributed by atoms with Crippen LogP contribution < -0.4 is 0 Å². The van der Waals surface area contributed by atoms with Crippen LogP contribution in [0, 0.1) is 5.92 Å². The number of halogens is 1. The monoisotopic (exact) mass is 346 g/mol. The van der Waals surface area contributed by atoms with Gasteiger partial charge in [0.1, 0.15) is 5.82 Å². The second-order valence-corrected chi connectivity index (χ2v) is 7.31. The van der Waals surface area contributed by atoms with Crippen LogP contribution in [0.4, 0.5) is 0 Å². The number of benzene rings is 1. The summed E-state index contributed by atoms with van der Waals surface area (Å²) in [5, 5.41) is 0.845. The summed E-state index contributed by atoms with van der Waals surface area (Å²) in [6, 6.07) is 8.15. The van der Waals surface area contributed by atoms with Gasteiger partial charge >= 0.3 is 0 Å². The molecule has 1 heterocycles. The smallest absolute Gasteiger partial charge is 0.109 e. The Labute approximate surface area is 152 Å². The summed E-state index contributed by atoms with van der Waals surface area (Å²) in [5.74, 6) is 1.90. The van der Waals surface area contributed by atoms with Gasteiger partial charge in [0.25, 0.3) is 0 Å². The van der Waals surface area contributed by atoms with Gasteiger partial charge in [-0.25, -0.2) is 4.98 Å². The first-order chi connectivity index (χ1) is 11.7. The van der Waals surface area contributed by atoms with E-state index in [4.69, 9.17) is 16.6 Å². The van der Waals surface area contributed by atoms with Crippen LogP contribution in [0.2, 0.25) is 5.02 Å². The third-order valence-corrected chi connectivity index (χ3v) is 5.04. The zero-order chi connectivity index (χ0) is 17.4. The molecule has 1 atom stereocenters. The molecule has 0 fully saturated rings. The molecule has 1 unspecified atom stereocenters. The second-order valence-electron chi connectivity index (χ2n) is 6.90. The first-order valence-electron chi connectivity index (χ1n) is 9.42.